The molecule has 1 atom stereocenters. The van der Waals surface area contributed by atoms with E-state index in [1.54, 1.807) is 18.7 Å². The van der Waals surface area contributed by atoms with Gasteiger partial charge in [-0.25, -0.2) is 14.8 Å². The molecular weight excluding hydrogens is 468 g/mol. The van der Waals surface area contributed by atoms with Crippen molar-refractivity contribution in [2.24, 2.45) is 0 Å². The summed E-state index contributed by atoms with van der Waals surface area (Å²) in [5.41, 5.74) is 2.37. The van der Waals surface area contributed by atoms with Gasteiger partial charge in [-0.1, -0.05) is 60.7 Å². The van der Waals surface area contributed by atoms with E-state index in [1.807, 2.05) is 72.5 Å². The van der Waals surface area contributed by atoms with Gasteiger partial charge in [-0.15, -0.1) is 0 Å². The Kier molecular flexibility index (Phi) is 8.28. The van der Waals surface area contributed by atoms with Gasteiger partial charge in [0.2, 0.25) is 5.91 Å². The predicted octanol–water partition coefficient (Wildman–Crippen LogP) is 3.93. The highest BCUT2D eigenvalue weighted by atomic mass is 16.5. The highest BCUT2D eigenvalue weighted by Gasteiger charge is 2.33. The van der Waals surface area contributed by atoms with Gasteiger partial charge in [0.15, 0.2) is 5.82 Å². The molecule has 1 aliphatic rings. The van der Waals surface area contributed by atoms with Crippen LogP contribution in [0.15, 0.2) is 60.7 Å². The molecule has 1 fully saturated rings. The maximum absolute atomic E-state index is 13.7. The molecule has 37 heavy (non-hydrogen) atoms. The lowest BCUT2D eigenvalue weighted by Gasteiger charge is -2.40. The Morgan fingerprint density at radius 2 is 1.65 bits per heavy atom. The van der Waals surface area contributed by atoms with Crippen molar-refractivity contribution < 1.29 is 19.1 Å². The molecule has 192 valence electrons. The number of aryl methyl sites for hydroxylation is 2. The van der Waals surface area contributed by atoms with E-state index in [-0.39, 0.29) is 35.7 Å². The van der Waals surface area contributed by atoms with Crippen LogP contribution in [0.2, 0.25) is 0 Å². The Labute approximate surface area is 217 Å². The second-order valence-corrected chi connectivity index (χ2v) is 9.12. The molecule has 0 saturated carbocycles. The van der Waals surface area contributed by atoms with Crippen LogP contribution < -0.4 is 0 Å². The first-order chi connectivity index (χ1) is 17.9. The maximum atomic E-state index is 13.7. The first-order valence-electron chi connectivity index (χ1n) is 12.6. The summed E-state index contributed by atoms with van der Waals surface area (Å²) in [6, 6.07) is 19.1. The number of hydrogen-bond donors (Lipinski definition) is 0. The van der Waals surface area contributed by atoms with Crippen LogP contribution in [0, 0.1) is 6.92 Å². The Morgan fingerprint density at radius 3 is 2.30 bits per heavy atom. The third-order valence-corrected chi connectivity index (χ3v) is 6.51. The van der Waals surface area contributed by atoms with Gasteiger partial charge in [-0.3, -0.25) is 9.59 Å². The summed E-state index contributed by atoms with van der Waals surface area (Å²) in [4.78, 5) is 52.0. The van der Waals surface area contributed by atoms with Crippen LogP contribution in [-0.4, -0.2) is 69.8 Å². The second-order valence-electron chi connectivity index (χ2n) is 9.12. The number of aromatic nitrogens is 2. The lowest BCUT2D eigenvalue weighted by atomic mass is 10.1. The van der Waals surface area contributed by atoms with Gasteiger partial charge >= 0.3 is 5.97 Å². The molecule has 0 spiro atoms. The van der Waals surface area contributed by atoms with Crippen LogP contribution in [-0.2, 0) is 16.0 Å². The predicted molar refractivity (Wildman–Crippen MR) is 140 cm³/mol. The van der Waals surface area contributed by atoms with E-state index in [0.717, 1.165) is 11.1 Å². The van der Waals surface area contributed by atoms with Gasteiger partial charge in [0, 0.05) is 37.7 Å². The molecule has 4 rings (SSSR count). The monoisotopic (exact) mass is 500 g/mol. The third-order valence-electron chi connectivity index (χ3n) is 6.51. The lowest BCUT2D eigenvalue weighted by molar-refractivity contribution is -0.135. The molecule has 1 unspecified atom stereocenters. The average Bonchev–Trinajstić information content (AvgIpc) is 2.92. The zero-order valence-corrected chi connectivity index (χ0v) is 21.5. The van der Waals surface area contributed by atoms with Crippen molar-refractivity contribution in [3.63, 3.8) is 0 Å². The number of amides is 2. The number of esters is 1. The molecule has 3 aromatic rings. The number of ether oxygens (including phenoxy) is 1. The van der Waals surface area contributed by atoms with E-state index in [1.165, 1.54) is 0 Å². The maximum Gasteiger partial charge on any atom is 0.342 e. The van der Waals surface area contributed by atoms with Gasteiger partial charge in [0.05, 0.1) is 12.3 Å². The smallest absolute Gasteiger partial charge is 0.342 e. The third kappa shape index (κ3) is 6.02. The molecule has 1 saturated heterocycles. The number of piperazine rings is 1. The normalized spacial score (nSPS) is 15.4. The fourth-order valence-corrected chi connectivity index (χ4v) is 4.59. The van der Waals surface area contributed by atoms with Crippen LogP contribution in [0.1, 0.15) is 52.4 Å². The Morgan fingerprint density at radius 1 is 0.973 bits per heavy atom. The molecule has 2 aromatic carbocycles. The van der Waals surface area contributed by atoms with Crippen molar-refractivity contribution >= 4 is 17.8 Å². The minimum Gasteiger partial charge on any atom is -0.462 e. The lowest BCUT2D eigenvalue weighted by Crippen LogP contribution is -2.55. The van der Waals surface area contributed by atoms with Crippen LogP contribution in [0.3, 0.4) is 0 Å². The Bertz CT molecular complexity index is 1260. The van der Waals surface area contributed by atoms with Crippen LogP contribution in [0.5, 0.6) is 0 Å². The van der Waals surface area contributed by atoms with E-state index in [0.29, 0.717) is 44.0 Å². The van der Waals surface area contributed by atoms with Gasteiger partial charge < -0.3 is 14.5 Å². The number of carbonyl (C=O) groups excluding carboxylic acids is 3. The first kappa shape index (κ1) is 26.0. The molecular formula is C29H32N4O4. The zero-order valence-electron chi connectivity index (χ0n) is 21.5. The van der Waals surface area contributed by atoms with Crippen LogP contribution >= 0.6 is 0 Å². The standard InChI is InChI=1S/C29H32N4O4/c1-4-37-29(36)25-21(3)30-27(23-13-9-6-10-14-23)31-26(25)28(35)32-17-18-33(20(2)19-32)24(34)16-15-22-11-7-5-8-12-22/h5-14,20H,4,15-19H2,1-3H3. The molecule has 2 amide bonds. The summed E-state index contributed by atoms with van der Waals surface area (Å²) in [7, 11) is 0. The number of nitrogens with zero attached hydrogens (tertiary/aromatic N) is 4. The number of benzene rings is 2. The topological polar surface area (TPSA) is 92.7 Å². The quantitative estimate of drug-likeness (QED) is 0.457. The van der Waals surface area contributed by atoms with Crippen molar-refractivity contribution in [1.29, 1.82) is 0 Å². The molecule has 0 bridgehead atoms. The summed E-state index contributed by atoms with van der Waals surface area (Å²) < 4.78 is 5.22. The van der Waals surface area contributed by atoms with Gasteiger partial charge in [-0.05, 0) is 32.8 Å². The minimum atomic E-state index is -0.620. The number of carbonyl (C=O) groups is 3. The molecule has 2 heterocycles. The molecule has 1 aromatic heterocycles. The van der Waals surface area contributed by atoms with E-state index in [4.69, 9.17) is 4.74 Å². The van der Waals surface area contributed by atoms with E-state index in [9.17, 15) is 14.4 Å². The largest absolute Gasteiger partial charge is 0.462 e. The molecule has 0 N–H and O–H groups in total. The summed E-state index contributed by atoms with van der Waals surface area (Å²) >= 11 is 0. The zero-order chi connectivity index (χ0) is 26.4. The SMILES string of the molecule is CCOC(=O)c1c(C)nc(-c2ccccc2)nc1C(=O)N1CCN(C(=O)CCc2ccccc2)C(C)C1. The highest BCUT2D eigenvalue weighted by Crippen LogP contribution is 2.23. The molecule has 8 heteroatoms. The molecule has 0 aliphatic carbocycles. The minimum absolute atomic E-state index is 0.0286. The fraction of sp³-hybridized carbons (Fsp3) is 0.345. The second kappa shape index (κ2) is 11.8. The van der Waals surface area contributed by atoms with Gasteiger partial charge in [0.1, 0.15) is 11.3 Å². The first-order valence-corrected chi connectivity index (χ1v) is 12.6. The molecule has 8 nitrogen and oxygen atoms in total. The number of hydrogen-bond acceptors (Lipinski definition) is 6. The summed E-state index contributed by atoms with van der Waals surface area (Å²) in [5, 5.41) is 0. The number of rotatable bonds is 7. The van der Waals surface area contributed by atoms with E-state index >= 15 is 0 Å². The fourth-order valence-electron chi connectivity index (χ4n) is 4.59. The van der Waals surface area contributed by atoms with Crippen molar-refractivity contribution in [3.8, 4) is 11.4 Å². The molecule has 0 radical (unpaired) electrons. The van der Waals surface area contributed by atoms with Crippen LogP contribution in [0.25, 0.3) is 11.4 Å². The Balaban J connectivity index is 1.53. The summed E-state index contributed by atoms with van der Waals surface area (Å²) in [5.74, 6) is -0.545. The molecule has 1 aliphatic heterocycles. The van der Waals surface area contributed by atoms with Gasteiger partial charge in [0.25, 0.3) is 5.91 Å². The summed E-state index contributed by atoms with van der Waals surface area (Å²) in [6.07, 6.45) is 1.10. The van der Waals surface area contributed by atoms with Gasteiger partial charge in [-0.2, -0.15) is 0 Å². The van der Waals surface area contributed by atoms with Crippen molar-refractivity contribution in [2.45, 2.75) is 39.7 Å². The van der Waals surface area contributed by atoms with Crippen molar-refractivity contribution in [3.05, 3.63) is 83.2 Å². The average molecular weight is 501 g/mol. The van der Waals surface area contributed by atoms with E-state index < -0.39 is 5.97 Å². The van der Waals surface area contributed by atoms with Crippen LogP contribution in [0.4, 0.5) is 0 Å². The van der Waals surface area contributed by atoms with E-state index in [2.05, 4.69) is 9.97 Å². The summed E-state index contributed by atoms with van der Waals surface area (Å²) in [6.45, 7) is 6.63. The highest BCUT2D eigenvalue weighted by molar-refractivity contribution is 6.05. The Hall–Kier alpha value is -4.07. The van der Waals surface area contributed by atoms with Crippen molar-refractivity contribution in [2.75, 3.05) is 26.2 Å². The van der Waals surface area contributed by atoms with Crippen molar-refractivity contribution in [1.82, 2.24) is 19.8 Å².